The number of benzene rings is 1. The van der Waals surface area contributed by atoms with Crippen LogP contribution in [0.2, 0.25) is 0 Å². The number of hydrogen-bond donors (Lipinski definition) is 1. The standard InChI is InChI=1S/C17H28N2/c1-14(10-11-16-8-6-5-7-9-16)19-13-17(3,4)18-12-15(19)2/h5-9,14-15,18H,10-13H2,1-4H3. The molecule has 0 saturated carbocycles. The maximum absolute atomic E-state index is 3.63. The average Bonchev–Trinajstić information content (AvgIpc) is 2.40. The lowest BCUT2D eigenvalue weighted by molar-refractivity contribution is 0.0659. The van der Waals surface area contributed by atoms with Crippen LogP contribution < -0.4 is 5.32 Å². The van der Waals surface area contributed by atoms with Gasteiger partial charge >= 0.3 is 0 Å². The minimum atomic E-state index is 0.244. The zero-order valence-electron chi connectivity index (χ0n) is 12.8. The Morgan fingerprint density at radius 3 is 2.68 bits per heavy atom. The zero-order chi connectivity index (χ0) is 13.9. The van der Waals surface area contributed by atoms with Crippen molar-refractivity contribution in [1.29, 1.82) is 0 Å². The van der Waals surface area contributed by atoms with Gasteiger partial charge in [0.25, 0.3) is 0 Å². The third-order valence-electron chi connectivity index (χ3n) is 4.28. The Kier molecular flexibility index (Phi) is 4.64. The minimum absolute atomic E-state index is 0.244. The fraction of sp³-hybridized carbons (Fsp3) is 0.647. The predicted molar refractivity (Wildman–Crippen MR) is 82.5 cm³/mol. The monoisotopic (exact) mass is 260 g/mol. The van der Waals surface area contributed by atoms with Gasteiger partial charge in [0, 0.05) is 30.7 Å². The molecule has 2 atom stereocenters. The van der Waals surface area contributed by atoms with Crippen LogP contribution in [0.4, 0.5) is 0 Å². The molecule has 0 bridgehead atoms. The summed E-state index contributed by atoms with van der Waals surface area (Å²) in [4.78, 5) is 2.67. The maximum atomic E-state index is 3.63. The number of nitrogens with zero attached hydrogens (tertiary/aromatic N) is 1. The summed E-state index contributed by atoms with van der Waals surface area (Å²) in [5.41, 5.74) is 1.70. The van der Waals surface area contributed by atoms with Crippen molar-refractivity contribution in [2.75, 3.05) is 13.1 Å². The normalized spacial score (nSPS) is 25.2. The van der Waals surface area contributed by atoms with Gasteiger partial charge in [-0.3, -0.25) is 4.90 Å². The highest BCUT2D eigenvalue weighted by Crippen LogP contribution is 2.20. The summed E-state index contributed by atoms with van der Waals surface area (Å²) in [6, 6.07) is 12.1. The average molecular weight is 260 g/mol. The molecule has 1 N–H and O–H groups in total. The third-order valence-corrected chi connectivity index (χ3v) is 4.28. The highest BCUT2D eigenvalue weighted by molar-refractivity contribution is 5.14. The van der Waals surface area contributed by atoms with Crippen molar-refractivity contribution in [3.8, 4) is 0 Å². The molecule has 0 amide bonds. The maximum Gasteiger partial charge on any atom is 0.0253 e. The molecule has 2 nitrogen and oxygen atoms in total. The van der Waals surface area contributed by atoms with E-state index in [0.717, 1.165) is 13.1 Å². The van der Waals surface area contributed by atoms with E-state index in [1.54, 1.807) is 0 Å². The van der Waals surface area contributed by atoms with E-state index in [2.05, 4.69) is 68.2 Å². The van der Waals surface area contributed by atoms with E-state index in [4.69, 9.17) is 0 Å². The summed E-state index contributed by atoms with van der Waals surface area (Å²) in [6.07, 6.45) is 2.42. The van der Waals surface area contributed by atoms with Gasteiger partial charge in [-0.05, 0) is 46.1 Å². The summed E-state index contributed by atoms with van der Waals surface area (Å²) >= 11 is 0. The van der Waals surface area contributed by atoms with Gasteiger partial charge in [-0.25, -0.2) is 0 Å². The largest absolute Gasteiger partial charge is 0.309 e. The molecular weight excluding hydrogens is 232 g/mol. The van der Waals surface area contributed by atoms with Crippen LogP contribution in [0.3, 0.4) is 0 Å². The van der Waals surface area contributed by atoms with Crippen LogP contribution in [0.15, 0.2) is 30.3 Å². The van der Waals surface area contributed by atoms with Crippen molar-refractivity contribution in [2.45, 2.75) is 58.2 Å². The lowest BCUT2D eigenvalue weighted by Crippen LogP contribution is -2.62. The Morgan fingerprint density at radius 2 is 2.00 bits per heavy atom. The summed E-state index contributed by atoms with van der Waals surface area (Å²) < 4.78 is 0. The van der Waals surface area contributed by atoms with Gasteiger partial charge in [-0.15, -0.1) is 0 Å². The second-order valence-corrected chi connectivity index (χ2v) is 6.66. The molecule has 1 fully saturated rings. The molecule has 2 heteroatoms. The van der Waals surface area contributed by atoms with Gasteiger partial charge in [0.05, 0.1) is 0 Å². The highest BCUT2D eigenvalue weighted by atomic mass is 15.3. The molecule has 0 spiro atoms. The number of aryl methyl sites for hydroxylation is 1. The van der Waals surface area contributed by atoms with Crippen molar-refractivity contribution in [2.24, 2.45) is 0 Å². The first kappa shape index (κ1) is 14.5. The predicted octanol–water partition coefficient (Wildman–Crippen LogP) is 3.08. The summed E-state index contributed by atoms with van der Waals surface area (Å²) in [7, 11) is 0. The fourth-order valence-corrected chi connectivity index (χ4v) is 2.99. The molecule has 1 aliphatic rings. The molecule has 1 aliphatic heterocycles. The van der Waals surface area contributed by atoms with E-state index in [-0.39, 0.29) is 5.54 Å². The molecule has 2 rings (SSSR count). The molecule has 1 saturated heterocycles. The highest BCUT2D eigenvalue weighted by Gasteiger charge is 2.32. The smallest absolute Gasteiger partial charge is 0.0253 e. The van der Waals surface area contributed by atoms with Crippen LogP contribution in [0.25, 0.3) is 0 Å². The first-order chi connectivity index (χ1) is 8.98. The van der Waals surface area contributed by atoms with Crippen molar-refractivity contribution < 1.29 is 0 Å². The van der Waals surface area contributed by atoms with Gasteiger partial charge in [0.1, 0.15) is 0 Å². The topological polar surface area (TPSA) is 15.3 Å². The van der Waals surface area contributed by atoms with Crippen LogP contribution >= 0.6 is 0 Å². The zero-order valence-corrected chi connectivity index (χ0v) is 12.8. The first-order valence-electron chi connectivity index (χ1n) is 7.53. The Labute approximate surface area is 118 Å². The van der Waals surface area contributed by atoms with E-state index in [1.807, 2.05) is 0 Å². The van der Waals surface area contributed by atoms with Gasteiger partial charge < -0.3 is 5.32 Å². The third kappa shape index (κ3) is 4.05. The van der Waals surface area contributed by atoms with Crippen LogP contribution in [-0.4, -0.2) is 35.6 Å². The number of piperazine rings is 1. The number of hydrogen-bond acceptors (Lipinski definition) is 2. The second kappa shape index (κ2) is 6.06. The molecule has 0 aliphatic carbocycles. The molecule has 1 heterocycles. The minimum Gasteiger partial charge on any atom is -0.309 e. The lowest BCUT2D eigenvalue weighted by Gasteiger charge is -2.46. The SMILES string of the molecule is CC(CCc1ccccc1)N1CC(C)(C)NCC1C. The van der Waals surface area contributed by atoms with Crippen molar-refractivity contribution >= 4 is 0 Å². The first-order valence-corrected chi connectivity index (χ1v) is 7.53. The van der Waals surface area contributed by atoms with Crippen LogP contribution in [0.1, 0.15) is 39.7 Å². The Bertz CT molecular complexity index is 386. The molecule has 19 heavy (non-hydrogen) atoms. The number of nitrogens with one attached hydrogen (secondary N) is 1. The number of rotatable bonds is 4. The van der Waals surface area contributed by atoms with Crippen molar-refractivity contribution in [1.82, 2.24) is 10.2 Å². The van der Waals surface area contributed by atoms with Crippen LogP contribution in [0, 0.1) is 0 Å². The molecule has 0 aromatic heterocycles. The van der Waals surface area contributed by atoms with Gasteiger partial charge in [0.2, 0.25) is 0 Å². The molecule has 1 aromatic rings. The second-order valence-electron chi connectivity index (χ2n) is 6.66. The fourth-order valence-electron chi connectivity index (χ4n) is 2.99. The molecule has 2 unspecified atom stereocenters. The van der Waals surface area contributed by atoms with Gasteiger partial charge in [0.15, 0.2) is 0 Å². The molecular formula is C17H28N2. The van der Waals surface area contributed by atoms with Crippen molar-refractivity contribution in [3.63, 3.8) is 0 Å². The quantitative estimate of drug-likeness (QED) is 0.895. The molecule has 106 valence electrons. The van der Waals surface area contributed by atoms with Crippen LogP contribution in [-0.2, 0) is 6.42 Å². The summed E-state index contributed by atoms with van der Waals surface area (Å²) in [6.45, 7) is 11.6. The van der Waals surface area contributed by atoms with Gasteiger partial charge in [-0.1, -0.05) is 30.3 Å². The van der Waals surface area contributed by atoms with E-state index in [9.17, 15) is 0 Å². The Hall–Kier alpha value is -0.860. The van der Waals surface area contributed by atoms with Crippen molar-refractivity contribution in [3.05, 3.63) is 35.9 Å². The lowest BCUT2D eigenvalue weighted by atomic mass is 9.96. The van der Waals surface area contributed by atoms with E-state index in [1.165, 1.54) is 18.4 Å². The van der Waals surface area contributed by atoms with E-state index in [0.29, 0.717) is 12.1 Å². The van der Waals surface area contributed by atoms with Gasteiger partial charge in [-0.2, -0.15) is 0 Å². The molecule has 0 radical (unpaired) electrons. The van der Waals surface area contributed by atoms with E-state index < -0.39 is 0 Å². The Morgan fingerprint density at radius 1 is 1.32 bits per heavy atom. The summed E-state index contributed by atoms with van der Waals surface area (Å²) in [5.74, 6) is 0. The summed E-state index contributed by atoms with van der Waals surface area (Å²) in [5, 5.41) is 3.63. The van der Waals surface area contributed by atoms with Crippen LogP contribution in [0.5, 0.6) is 0 Å². The van der Waals surface area contributed by atoms with E-state index >= 15 is 0 Å². The molecule has 1 aromatic carbocycles. The Balaban J connectivity index is 1.90.